The highest BCUT2D eigenvalue weighted by Crippen LogP contribution is 2.47. The second-order valence-corrected chi connectivity index (χ2v) is 5.58. The first kappa shape index (κ1) is 15.6. The summed E-state index contributed by atoms with van der Waals surface area (Å²) >= 11 is 0. The molecular weight excluding hydrogens is 344 g/mol. The number of furan rings is 2. The van der Waals surface area contributed by atoms with Gasteiger partial charge >= 0.3 is 0 Å². The Kier molecular flexibility index (Phi) is 3.16. The second kappa shape index (κ2) is 5.28. The van der Waals surface area contributed by atoms with Crippen LogP contribution in [-0.4, -0.2) is 32.0 Å². The van der Waals surface area contributed by atoms with Crippen LogP contribution in [0.1, 0.15) is 0 Å². The molecule has 0 saturated heterocycles. The summed E-state index contributed by atoms with van der Waals surface area (Å²) in [6.45, 7) is 0. The zero-order valence-electron chi connectivity index (χ0n) is 12.9. The molecule has 1 aliphatic carbocycles. The van der Waals surface area contributed by atoms with Crippen LogP contribution in [0.5, 0.6) is 23.4 Å². The van der Waals surface area contributed by atoms with Crippen LogP contribution in [-0.2, 0) is 9.59 Å². The van der Waals surface area contributed by atoms with E-state index in [2.05, 4.69) is 0 Å². The van der Waals surface area contributed by atoms with E-state index in [0.29, 0.717) is 5.56 Å². The summed E-state index contributed by atoms with van der Waals surface area (Å²) < 4.78 is 10.2. The molecule has 0 spiro atoms. The summed E-state index contributed by atoms with van der Waals surface area (Å²) in [5.74, 6) is -3.82. The molecule has 0 radical (unpaired) electrons. The van der Waals surface area contributed by atoms with Crippen molar-refractivity contribution in [2.75, 3.05) is 0 Å². The van der Waals surface area contributed by atoms with Crippen LogP contribution in [0.2, 0.25) is 0 Å². The Morgan fingerprint density at radius 2 is 1.35 bits per heavy atom. The zero-order valence-corrected chi connectivity index (χ0v) is 12.9. The molecule has 0 atom stereocenters. The van der Waals surface area contributed by atoms with E-state index in [0.717, 1.165) is 12.2 Å². The maximum atomic E-state index is 11.6. The lowest BCUT2D eigenvalue weighted by atomic mass is 10.0. The Morgan fingerprint density at radius 1 is 0.731 bits per heavy atom. The monoisotopic (exact) mass is 354 g/mol. The molecule has 2 heterocycles. The van der Waals surface area contributed by atoms with Gasteiger partial charge in [0.05, 0.1) is 0 Å². The van der Waals surface area contributed by atoms with Crippen LogP contribution in [0.25, 0.3) is 34.6 Å². The average Bonchev–Trinajstić information content (AvgIpc) is 3.04. The Morgan fingerprint density at radius 3 is 2.04 bits per heavy atom. The molecule has 0 saturated carbocycles. The van der Waals surface area contributed by atoms with Crippen molar-refractivity contribution in [1.29, 1.82) is 0 Å². The average molecular weight is 354 g/mol. The molecule has 0 fully saturated rings. The van der Waals surface area contributed by atoms with Gasteiger partial charge in [-0.1, -0.05) is 12.1 Å². The third-order valence-electron chi connectivity index (χ3n) is 3.98. The van der Waals surface area contributed by atoms with Gasteiger partial charge in [-0.05, 0) is 17.7 Å². The maximum absolute atomic E-state index is 11.6. The molecule has 0 aliphatic heterocycles. The summed E-state index contributed by atoms with van der Waals surface area (Å²) in [5.41, 5.74) is 0.0292. The molecule has 1 aromatic carbocycles. The predicted octanol–water partition coefficient (Wildman–Crippen LogP) is 0.742. The van der Waals surface area contributed by atoms with E-state index in [1.165, 1.54) is 24.3 Å². The van der Waals surface area contributed by atoms with E-state index in [1.807, 2.05) is 0 Å². The lowest BCUT2D eigenvalue weighted by molar-refractivity contribution is -0.129. The van der Waals surface area contributed by atoms with Crippen LogP contribution >= 0.6 is 0 Å². The number of ketones is 2. The summed E-state index contributed by atoms with van der Waals surface area (Å²) in [7, 11) is 0. The van der Waals surface area contributed by atoms with Gasteiger partial charge in [-0.25, -0.2) is 0 Å². The van der Waals surface area contributed by atoms with Crippen molar-refractivity contribution in [3.63, 3.8) is 0 Å². The second-order valence-electron chi connectivity index (χ2n) is 5.58. The molecule has 4 rings (SSSR count). The van der Waals surface area contributed by atoms with E-state index < -0.39 is 29.2 Å². The van der Waals surface area contributed by atoms with Gasteiger partial charge in [-0.2, -0.15) is 0 Å². The third-order valence-corrected chi connectivity index (χ3v) is 3.98. The largest absolute Gasteiger partial charge is 0.508 e. The fourth-order valence-corrected chi connectivity index (χ4v) is 2.78. The van der Waals surface area contributed by atoms with E-state index in [-0.39, 0.29) is 33.3 Å². The Balaban J connectivity index is 1.98. The van der Waals surface area contributed by atoms with E-state index in [4.69, 9.17) is 8.83 Å². The number of carbonyl (C=O) groups is 2. The Hall–Kier alpha value is -3.94. The van der Waals surface area contributed by atoms with Crippen LogP contribution < -0.4 is 10.6 Å². The minimum absolute atomic E-state index is 0.00804. The van der Waals surface area contributed by atoms with E-state index in [9.17, 15) is 30.0 Å². The lowest BCUT2D eigenvalue weighted by Gasteiger charge is -2.00. The number of rotatable bonds is 2. The highest BCUT2D eigenvalue weighted by atomic mass is 16.5. The number of phenolic OH excluding ortho intramolecular Hbond substituents is 1. The molecule has 26 heavy (non-hydrogen) atoms. The van der Waals surface area contributed by atoms with Gasteiger partial charge in [-0.15, -0.1) is 0 Å². The van der Waals surface area contributed by atoms with Crippen LogP contribution in [0.4, 0.5) is 0 Å². The molecule has 4 N–H and O–H groups in total. The van der Waals surface area contributed by atoms with Crippen molar-refractivity contribution in [3.05, 3.63) is 34.9 Å². The first-order chi connectivity index (χ1) is 12.4. The topological polar surface area (TPSA) is 141 Å². The zero-order chi connectivity index (χ0) is 18.6. The number of carbonyl (C=O) groups excluding carboxylic acids is 2. The fourth-order valence-electron chi connectivity index (χ4n) is 2.78. The Labute approximate surface area is 144 Å². The first-order valence-corrected chi connectivity index (χ1v) is 7.35. The molecule has 8 heteroatoms. The van der Waals surface area contributed by atoms with Crippen molar-refractivity contribution in [1.82, 2.24) is 0 Å². The molecule has 8 nitrogen and oxygen atoms in total. The van der Waals surface area contributed by atoms with Gasteiger partial charge in [0.15, 0.2) is 11.5 Å². The number of hydrogen-bond acceptors (Lipinski definition) is 8. The van der Waals surface area contributed by atoms with Crippen LogP contribution in [0, 0.1) is 0 Å². The van der Waals surface area contributed by atoms with Gasteiger partial charge in [0.25, 0.3) is 11.9 Å². The van der Waals surface area contributed by atoms with Crippen molar-refractivity contribution < 1.29 is 38.8 Å². The molecule has 130 valence electrons. The minimum Gasteiger partial charge on any atom is -0.508 e. The predicted molar refractivity (Wildman–Crippen MR) is 86.7 cm³/mol. The molecule has 1 aliphatic rings. The fraction of sp³-hybridized carbons (Fsp3) is 0. The highest BCUT2D eigenvalue weighted by molar-refractivity contribution is 6.57. The number of hydrogen-bond donors (Lipinski definition) is 4. The number of fused-ring (bicyclic) bond motifs is 1. The SMILES string of the molecule is O=C1C=c2oc(O)c(-c3oc(O)c(-c4ccc(O)cc4)c3O)c2=CC1=O. The van der Waals surface area contributed by atoms with Crippen molar-refractivity contribution in [3.8, 4) is 45.8 Å². The third kappa shape index (κ3) is 2.16. The van der Waals surface area contributed by atoms with Gasteiger partial charge < -0.3 is 29.3 Å². The quantitative estimate of drug-likeness (QED) is 0.494. The van der Waals surface area contributed by atoms with Crippen LogP contribution in [0.3, 0.4) is 0 Å². The summed E-state index contributed by atoms with van der Waals surface area (Å²) in [4.78, 5) is 23.1. The maximum Gasteiger partial charge on any atom is 0.294 e. The molecule has 0 bridgehead atoms. The molecule has 2 aromatic heterocycles. The number of aromatic hydroxyl groups is 4. The minimum atomic E-state index is -0.825. The van der Waals surface area contributed by atoms with Gasteiger partial charge in [0, 0.05) is 17.4 Å². The standard InChI is InChI=1S/C18H10O8/c19-8-3-1-7(2-4-8)13-15(22)16(26-17(13)23)14-9-5-10(20)11(21)6-12(9)25-18(14)24/h1-6,19,22-24H. The summed E-state index contributed by atoms with van der Waals surface area (Å²) in [5, 5.41) is 40.0. The molecule has 0 unspecified atom stereocenters. The van der Waals surface area contributed by atoms with Crippen LogP contribution in [0.15, 0.2) is 33.1 Å². The molecule has 3 aromatic rings. The van der Waals surface area contributed by atoms with E-state index >= 15 is 0 Å². The normalized spacial score (nSPS) is 13.2. The smallest absolute Gasteiger partial charge is 0.294 e. The van der Waals surface area contributed by atoms with Crippen molar-refractivity contribution in [2.45, 2.75) is 0 Å². The summed E-state index contributed by atoms with van der Waals surface area (Å²) in [6, 6.07) is 5.59. The van der Waals surface area contributed by atoms with Gasteiger partial charge in [-0.3, -0.25) is 9.59 Å². The highest BCUT2D eigenvalue weighted by Gasteiger charge is 2.29. The number of Topliss-reactive ketones (excluding diaryl/α,β-unsaturated/α-hetero) is 2. The first-order valence-electron chi connectivity index (χ1n) is 7.35. The van der Waals surface area contributed by atoms with E-state index in [1.54, 1.807) is 0 Å². The number of phenols is 1. The van der Waals surface area contributed by atoms with Crippen molar-refractivity contribution >= 4 is 23.7 Å². The number of benzene rings is 1. The molecule has 0 amide bonds. The van der Waals surface area contributed by atoms with Gasteiger partial charge in [0.2, 0.25) is 11.6 Å². The lowest BCUT2D eigenvalue weighted by Crippen LogP contribution is -2.31. The molecular formula is C18H10O8. The van der Waals surface area contributed by atoms with Crippen molar-refractivity contribution in [2.24, 2.45) is 0 Å². The van der Waals surface area contributed by atoms with Gasteiger partial charge in [0.1, 0.15) is 22.3 Å². The summed E-state index contributed by atoms with van der Waals surface area (Å²) in [6.07, 6.45) is 1.87. The Bertz CT molecular complexity index is 1190.